The van der Waals surface area contributed by atoms with Crippen molar-refractivity contribution in [1.82, 2.24) is 15.1 Å². The summed E-state index contributed by atoms with van der Waals surface area (Å²) in [5.74, 6) is 0. The monoisotopic (exact) mass is 235 g/mol. The van der Waals surface area contributed by atoms with Gasteiger partial charge in [0.1, 0.15) is 0 Å². The normalized spacial score (nSPS) is 14.1. The Morgan fingerprint density at radius 3 is 2.50 bits per heavy atom. The molecule has 16 heavy (non-hydrogen) atoms. The van der Waals surface area contributed by atoms with Gasteiger partial charge < -0.3 is 5.32 Å². The third-order valence-corrected chi connectivity index (χ3v) is 2.44. The largest absolute Gasteiger partial charge is 0.390 e. The van der Waals surface area contributed by atoms with Gasteiger partial charge in [-0.3, -0.25) is 4.68 Å². The highest BCUT2D eigenvalue weighted by molar-refractivity contribution is 5.10. The molecular formula is C10H16F3N3. The lowest BCUT2D eigenvalue weighted by Crippen LogP contribution is -2.33. The smallest absolute Gasteiger partial charge is 0.316 e. The summed E-state index contributed by atoms with van der Waals surface area (Å²) in [7, 11) is 3.28. The summed E-state index contributed by atoms with van der Waals surface area (Å²) in [5, 5.41) is 6.78. The minimum Gasteiger partial charge on any atom is -0.316 e. The quantitative estimate of drug-likeness (QED) is 0.862. The predicted octanol–water partition coefficient (Wildman–Crippen LogP) is 1.81. The zero-order chi connectivity index (χ0) is 12.3. The second-order valence-electron chi connectivity index (χ2n) is 3.91. The first-order valence-corrected chi connectivity index (χ1v) is 5.05. The van der Waals surface area contributed by atoms with Crippen LogP contribution in [0.2, 0.25) is 0 Å². The average molecular weight is 235 g/mol. The molecule has 1 unspecified atom stereocenters. The minimum atomic E-state index is -4.14. The van der Waals surface area contributed by atoms with E-state index >= 15 is 0 Å². The Morgan fingerprint density at radius 1 is 1.50 bits per heavy atom. The van der Waals surface area contributed by atoms with Crippen LogP contribution < -0.4 is 5.32 Å². The number of halogens is 3. The molecule has 1 N–H and O–H groups in total. The van der Waals surface area contributed by atoms with Gasteiger partial charge in [-0.05, 0) is 20.0 Å². The summed E-state index contributed by atoms with van der Waals surface area (Å²) >= 11 is 0. The van der Waals surface area contributed by atoms with Gasteiger partial charge in [-0.1, -0.05) is 0 Å². The Balaban J connectivity index is 2.67. The summed E-state index contributed by atoms with van der Waals surface area (Å²) in [4.78, 5) is 0. The third-order valence-electron chi connectivity index (χ3n) is 2.44. The fourth-order valence-corrected chi connectivity index (χ4v) is 1.66. The fraction of sp³-hybridized carbons (Fsp3) is 0.700. The van der Waals surface area contributed by atoms with Crippen molar-refractivity contribution in [3.8, 4) is 0 Å². The minimum absolute atomic E-state index is 0.327. The topological polar surface area (TPSA) is 29.9 Å². The van der Waals surface area contributed by atoms with Crippen molar-refractivity contribution >= 4 is 0 Å². The number of nitrogens with zero attached hydrogens (tertiary/aromatic N) is 2. The van der Waals surface area contributed by atoms with E-state index in [2.05, 4.69) is 10.4 Å². The number of rotatable bonds is 4. The van der Waals surface area contributed by atoms with Crippen LogP contribution >= 0.6 is 0 Å². The summed E-state index contributed by atoms with van der Waals surface area (Å²) in [6.07, 6.45) is -4.64. The lowest BCUT2D eigenvalue weighted by molar-refractivity contribution is -0.139. The molecule has 1 aromatic heterocycles. The molecule has 0 saturated carbocycles. The molecule has 0 aromatic carbocycles. The van der Waals surface area contributed by atoms with Gasteiger partial charge in [0.25, 0.3) is 0 Å². The summed E-state index contributed by atoms with van der Waals surface area (Å²) in [5.41, 5.74) is 1.63. The molecule has 0 bridgehead atoms. The summed E-state index contributed by atoms with van der Waals surface area (Å²) in [6, 6.07) is 1.20. The lowest BCUT2D eigenvalue weighted by atomic mass is 10.1. The highest BCUT2D eigenvalue weighted by Crippen LogP contribution is 2.23. The van der Waals surface area contributed by atoms with Crippen molar-refractivity contribution in [2.24, 2.45) is 7.05 Å². The van der Waals surface area contributed by atoms with Gasteiger partial charge in [-0.25, -0.2) is 0 Å². The molecule has 0 radical (unpaired) electrons. The number of alkyl halides is 3. The average Bonchev–Trinajstić information content (AvgIpc) is 2.41. The van der Waals surface area contributed by atoms with Crippen molar-refractivity contribution in [2.75, 3.05) is 7.05 Å². The molecule has 1 heterocycles. The van der Waals surface area contributed by atoms with Crippen LogP contribution in [0.3, 0.4) is 0 Å². The number of aromatic nitrogens is 2. The van der Waals surface area contributed by atoms with Crippen LogP contribution in [-0.2, 0) is 13.5 Å². The van der Waals surface area contributed by atoms with Crippen LogP contribution in [0.25, 0.3) is 0 Å². The van der Waals surface area contributed by atoms with Gasteiger partial charge in [0.2, 0.25) is 0 Å². The Bertz CT molecular complexity index is 344. The van der Waals surface area contributed by atoms with Crippen molar-refractivity contribution < 1.29 is 13.2 Å². The van der Waals surface area contributed by atoms with Crippen LogP contribution in [0.4, 0.5) is 13.2 Å². The zero-order valence-corrected chi connectivity index (χ0v) is 9.60. The molecule has 0 fully saturated rings. The van der Waals surface area contributed by atoms with E-state index in [4.69, 9.17) is 0 Å². The van der Waals surface area contributed by atoms with Crippen molar-refractivity contribution in [3.63, 3.8) is 0 Å². The fourth-order valence-electron chi connectivity index (χ4n) is 1.66. The van der Waals surface area contributed by atoms with E-state index in [0.717, 1.165) is 11.4 Å². The SMILES string of the molecule is CNC(Cc1cc(C)nn1C)CC(F)(F)F. The highest BCUT2D eigenvalue weighted by atomic mass is 19.4. The highest BCUT2D eigenvalue weighted by Gasteiger charge is 2.31. The maximum absolute atomic E-state index is 12.2. The second kappa shape index (κ2) is 4.86. The van der Waals surface area contributed by atoms with E-state index in [1.165, 1.54) is 0 Å². The Hall–Kier alpha value is -1.04. The molecule has 0 spiro atoms. The number of aryl methyl sites for hydroxylation is 2. The van der Waals surface area contributed by atoms with Crippen molar-refractivity contribution in [3.05, 3.63) is 17.5 Å². The van der Waals surface area contributed by atoms with Gasteiger partial charge >= 0.3 is 6.18 Å². The van der Waals surface area contributed by atoms with E-state index < -0.39 is 18.6 Å². The second-order valence-corrected chi connectivity index (χ2v) is 3.91. The first-order chi connectivity index (χ1) is 7.31. The van der Waals surface area contributed by atoms with Gasteiger partial charge in [0.15, 0.2) is 0 Å². The molecule has 0 aliphatic carbocycles. The van der Waals surface area contributed by atoms with Crippen LogP contribution in [0.5, 0.6) is 0 Å². The van der Waals surface area contributed by atoms with Crippen LogP contribution in [0, 0.1) is 6.92 Å². The Labute approximate surface area is 92.6 Å². The summed E-state index contributed by atoms with van der Waals surface area (Å²) in [6.45, 7) is 1.82. The van der Waals surface area contributed by atoms with Gasteiger partial charge in [0, 0.05) is 25.2 Å². The standard InChI is InChI=1S/C10H16F3N3/c1-7-4-9(16(3)15-7)5-8(14-2)6-10(11,12)13/h4,8,14H,5-6H2,1-3H3. The number of hydrogen-bond acceptors (Lipinski definition) is 2. The molecule has 1 atom stereocenters. The lowest BCUT2D eigenvalue weighted by Gasteiger charge is -2.17. The van der Waals surface area contributed by atoms with Crippen molar-refractivity contribution in [2.45, 2.75) is 32.0 Å². The molecule has 1 aromatic rings. The van der Waals surface area contributed by atoms with Gasteiger partial charge in [-0.2, -0.15) is 18.3 Å². The molecule has 92 valence electrons. The Morgan fingerprint density at radius 2 is 2.12 bits per heavy atom. The summed E-state index contributed by atoms with van der Waals surface area (Å²) < 4.78 is 38.3. The van der Waals surface area contributed by atoms with E-state index in [1.807, 2.05) is 6.92 Å². The van der Waals surface area contributed by atoms with Gasteiger partial charge in [0.05, 0.1) is 12.1 Å². The molecule has 3 nitrogen and oxygen atoms in total. The van der Waals surface area contributed by atoms with Crippen molar-refractivity contribution in [1.29, 1.82) is 0 Å². The maximum atomic E-state index is 12.2. The molecule has 0 aliphatic heterocycles. The molecule has 0 saturated heterocycles. The number of hydrogen-bond donors (Lipinski definition) is 1. The third kappa shape index (κ3) is 3.84. The Kier molecular flexibility index (Phi) is 3.96. The number of likely N-dealkylation sites (N-methyl/N-ethyl adjacent to an activating group) is 1. The molecular weight excluding hydrogens is 219 g/mol. The first kappa shape index (κ1) is 13.0. The molecule has 0 aliphatic rings. The predicted molar refractivity (Wildman–Crippen MR) is 55.2 cm³/mol. The van der Waals surface area contributed by atoms with E-state index in [0.29, 0.717) is 6.42 Å². The zero-order valence-electron chi connectivity index (χ0n) is 9.60. The number of nitrogens with one attached hydrogen (secondary N) is 1. The molecule has 0 amide bonds. The van der Waals surface area contributed by atoms with Gasteiger partial charge in [-0.15, -0.1) is 0 Å². The molecule has 1 rings (SSSR count). The van der Waals surface area contributed by atoms with E-state index in [9.17, 15) is 13.2 Å². The van der Waals surface area contributed by atoms with Crippen LogP contribution in [0.15, 0.2) is 6.07 Å². The molecule has 6 heteroatoms. The van der Waals surface area contributed by atoms with E-state index in [-0.39, 0.29) is 0 Å². The van der Waals surface area contributed by atoms with Crippen LogP contribution in [-0.4, -0.2) is 29.0 Å². The van der Waals surface area contributed by atoms with E-state index in [1.54, 1.807) is 24.8 Å². The maximum Gasteiger partial charge on any atom is 0.390 e. The first-order valence-electron chi connectivity index (χ1n) is 5.05. The van der Waals surface area contributed by atoms with Crippen LogP contribution in [0.1, 0.15) is 17.8 Å².